The lowest BCUT2D eigenvalue weighted by molar-refractivity contribution is -0.216. The number of ether oxygens (including phenoxy) is 6. The maximum atomic E-state index is 13.3. The molecule has 7 fully saturated rings. The minimum absolute atomic E-state index is 0.0344. The zero-order valence-corrected chi connectivity index (χ0v) is 17.5. The molecule has 4 saturated carbocycles. The maximum absolute atomic E-state index is 13.3. The van der Waals surface area contributed by atoms with Gasteiger partial charge in [-0.25, -0.2) is 0 Å². The second-order valence-corrected chi connectivity index (χ2v) is 10.5. The molecule has 0 aromatic carbocycles. The third-order valence-electron chi connectivity index (χ3n) is 7.78. The summed E-state index contributed by atoms with van der Waals surface area (Å²) in [5.74, 6) is -0.886. The summed E-state index contributed by atoms with van der Waals surface area (Å²) in [5.41, 5.74) is -2.59. The Morgan fingerprint density at radius 2 is 0.903 bits per heavy atom. The molecule has 9 heteroatoms. The third-order valence-corrected chi connectivity index (χ3v) is 7.78. The molecular formula is C22H28O9. The molecule has 0 N–H and O–H groups in total. The fourth-order valence-electron chi connectivity index (χ4n) is 6.58. The van der Waals surface area contributed by atoms with Crippen LogP contribution in [0.3, 0.4) is 0 Å². The SMILES string of the molecule is O=C(OCC1CO1)C12CC3CC(C(=O)OCC4CO4)(C1)CC(C(=O)OCC1CO1)(C3)C2. The first kappa shape index (κ1) is 19.9. The lowest BCUT2D eigenvalue weighted by atomic mass is 9.39. The van der Waals surface area contributed by atoms with Crippen molar-refractivity contribution in [2.75, 3.05) is 39.6 Å². The highest BCUT2D eigenvalue weighted by atomic mass is 16.6. The van der Waals surface area contributed by atoms with Crippen LogP contribution >= 0.6 is 0 Å². The molecule has 3 heterocycles. The molecule has 7 rings (SSSR count). The van der Waals surface area contributed by atoms with E-state index in [-0.39, 0.29) is 62.0 Å². The minimum atomic E-state index is -0.863. The van der Waals surface area contributed by atoms with Crippen molar-refractivity contribution in [3.05, 3.63) is 0 Å². The number of hydrogen-bond acceptors (Lipinski definition) is 9. The second kappa shape index (κ2) is 6.89. The van der Waals surface area contributed by atoms with Crippen LogP contribution in [-0.4, -0.2) is 75.9 Å². The average molecular weight is 436 g/mol. The van der Waals surface area contributed by atoms with Crippen molar-refractivity contribution in [3.8, 4) is 0 Å². The van der Waals surface area contributed by atoms with Crippen molar-refractivity contribution in [1.29, 1.82) is 0 Å². The highest BCUT2D eigenvalue weighted by Crippen LogP contribution is 2.70. The van der Waals surface area contributed by atoms with Crippen LogP contribution in [-0.2, 0) is 42.8 Å². The van der Waals surface area contributed by atoms with Gasteiger partial charge in [-0.3, -0.25) is 14.4 Å². The fourth-order valence-corrected chi connectivity index (χ4v) is 6.58. The highest BCUT2D eigenvalue weighted by Gasteiger charge is 2.71. The monoisotopic (exact) mass is 436 g/mol. The molecule has 4 aliphatic carbocycles. The molecule has 9 nitrogen and oxygen atoms in total. The van der Waals surface area contributed by atoms with Crippen LogP contribution in [0, 0.1) is 22.2 Å². The Bertz CT molecular complexity index is 684. The summed E-state index contributed by atoms with van der Waals surface area (Å²) in [4.78, 5) is 39.9. The van der Waals surface area contributed by atoms with Crippen LogP contribution in [0.1, 0.15) is 38.5 Å². The van der Waals surface area contributed by atoms with Gasteiger partial charge < -0.3 is 28.4 Å². The molecule has 4 bridgehead atoms. The molecule has 0 spiro atoms. The smallest absolute Gasteiger partial charge is 0.312 e. The molecule has 170 valence electrons. The Morgan fingerprint density at radius 1 is 0.613 bits per heavy atom. The number of esters is 3. The van der Waals surface area contributed by atoms with Crippen LogP contribution in [0.2, 0.25) is 0 Å². The van der Waals surface area contributed by atoms with Gasteiger partial charge in [0.05, 0.1) is 36.1 Å². The van der Waals surface area contributed by atoms with E-state index < -0.39 is 16.2 Å². The summed E-state index contributed by atoms with van der Waals surface area (Å²) < 4.78 is 32.3. The van der Waals surface area contributed by atoms with Crippen molar-refractivity contribution in [2.45, 2.75) is 56.8 Å². The summed E-state index contributed by atoms with van der Waals surface area (Å²) >= 11 is 0. The molecule has 0 amide bonds. The van der Waals surface area contributed by atoms with Crippen molar-refractivity contribution >= 4 is 17.9 Å². The first-order chi connectivity index (χ1) is 14.9. The van der Waals surface area contributed by atoms with E-state index in [1.54, 1.807) is 0 Å². The van der Waals surface area contributed by atoms with E-state index in [1.807, 2.05) is 0 Å². The summed E-state index contributed by atoms with van der Waals surface area (Å²) in [7, 11) is 0. The zero-order chi connectivity index (χ0) is 21.3. The third kappa shape index (κ3) is 3.64. The van der Waals surface area contributed by atoms with Gasteiger partial charge in [-0.05, 0) is 44.4 Å². The lowest BCUT2D eigenvalue weighted by Crippen LogP contribution is -2.64. The second-order valence-electron chi connectivity index (χ2n) is 10.5. The Morgan fingerprint density at radius 3 is 1.16 bits per heavy atom. The molecule has 0 aromatic rings. The van der Waals surface area contributed by atoms with Gasteiger partial charge in [0.1, 0.15) is 38.1 Å². The predicted octanol–water partition coefficient (Wildman–Crippen LogP) is 0.769. The molecule has 3 saturated heterocycles. The Kier molecular flexibility index (Phi) is 4.43. The predicted molar refractivity (Wildman–Crippen MR) is 101 cm³/mol. The fraction of sp³-hybridized carbons (Fsp3) is 0.864. The molecule has 7 aliphatic rings. The lowest BCUT2D eigenvalue weighted by Gasteiger charge is -2.63. The van der Waals surface area contributed by atoms with Crippen molar-refractivity contribution in [1.82, 2.24) is 0 Å². The molecule has 3 unspecified atom stereocenters. The van der Waals surface area contributed by atoms with Crippen LogP contribution < -0.4 is 0 Å². The Hall–Kier alpha value is -1.71. The number of rotatable bonds is 9. The van der Waals surface area contributed by atoms with Crippen molar-refractivity contribution < 1.29 is 42.8 Å². The van der Waals surface area contributed by atoms with Gasteiger partial charge in [-0.1, -0.05) is 0 Å². The topological polar surface area (TPSA) is 116 Å². The average Bonchev–Trinajstić information content (AvgIpc) is 3.60. The molecular weight excluding hydrogens is 408 g/mol. The van der Waals surface area contributed by atoms with E-state index in [4.69, 9.17) is 28.4 Å². The van der Waals surface area contributed by atoms with E-state index in [2.05, 4.69) is 0 Å². The van der Waals surface area contributed by atoms with Crippen LogP contribution in [0.4, 0.5) is 0 Å². The number of carbonyl (C=O) groups is 3. The normalized spacial score (nSPS) is 45.7. The van der Waals surface area contributed by atoms with Crippen molar-refractivity contribution in [2.24, 2.45) is 22.2 Å². The van der Waals surface area contributed by atoms with E-state index >= 15 is 0 Å². The van der Waals surface area contributed by atoms with Crippen LogP contribution in [0.15, 0.2) is 0 Å². The number of carbonyl (C=O) groups excluding carboxylic acids is 3. The largest absolute Gasteiger partial charge is 0.462 e. The van der Waals surface area contributed by atoms with Crippen molar-refractivity contribution in [3.63, 3.8) is 0 Å². The van der Waals surface area contributed by atoms with E-state index in [0.717, 1.165) is 0 Å². The Labute approximate surface area is 180 Å². The first-order valence-electron chi connectivity index (χ1n) is 11.3. The molecule has 3 atom stereocenters. The standard InChI is InChI=1S/C22H28O9/c23-17(29-7-14-4-26-14)20-1-13-2-21(10-20,18(24)30-8-15-5-27-15)12-22(3-13,11-20)19(25)31-9-16-6-28-16/h13-16H,1-12H2. The van der Waals surface area contributed by atoms with Crippen LogP contribution in [0.25, 0.3) is 0 Å². The molecule has 0 radical (unpaired) electrons. The van der Waals surface area contributed by atoms with Gasteiger partial charge in [-0.15, -0.1) is 0 Å². The minimum Gasteiger partial charge on any atom is -0.462 e. The van der Waals surface area contributed by atoms with Gasteiger partial charge in [0.25, 0.3) is 0 Å². The quantitative estimate of drug-likeness (QED) is 0.293. The van der Waals surface area contributed by atoms with Crippen LogP contribution in [0.5, 0.6) is 0 Å². The van der Waals surface area contributed by atoms with E-state index in [0.29, 0.717) is 58.3 Å². The number of epoxide rings is 3. The van der Waals surface area contributed by atoms with Gasteiger partial charge in [-0.2, -0.15) is 0 Å². The van der Waals surface area contributed by atoms with Gasteiger partial charge >= 0.3 is 17.9 Å². The summed E-state index contributed by atoms with van der Waals surface area (Å²) in [6.45, 7) is 2.46. The van der Waals surface area contributed by atoms with E-state index in [9.17, 15) is 14.4 Å². The molecule has 31 heavy (non-hydrogen) atoms. The van der Waals surface area contributed by atoms with Gasteiger partial charge in [0, 0.05) is 0 Å². The van der Waals surface area contributed by atoms with Gasteiger partial charge in [0.15, 0.2) is 0 Å². The molecule has 3 aliphatic heterocycles. The van der Waals surface area contributed by atoms with Gasteiger partial charge in [0.2, 0.25) is 0 Å². The maximum Gasteiger partial charge on any atom is 0.312 e. The summed E-state index contributed by atoms with van der Waals surface area (Å²) in [6, 6.07) is 0. The summed E-state index contributed by atoms with van der Waals surface area (Å²) in [5, 5.41) is 0. The summed E-state index contributed by atoms with van der Waals surface area (Å²) in [6.07, 6.45) is 2.91. The Balaban J connectivity index is 1.27. The zero-order valence-electron chi connectivity index (χ0n) is 17.5. The molecule has 0 aromatic heterocycles. The first-order valence-corrected chi connectivity index (χ1v) is 11.3. The number of hydrogen-bond donors (Lipinski definition) is 0. The highest BCUT2D eigenvalue weighted by molar-refractivity contribution is 5.87. The van der Waals surface area contributed by atoms with E-state index in [1.165, 1.54) is 0 Å².